The molecule has 1 saturated heterocycles. The van der Waals surface area contributed by atoms with E-state index in [4.69, 9.17) is 14.2 Å². The fourth-order valence-corrected chi connectivity index (χ4v) is 1.82. The zero-order chi connectivity index (χ0) is 13.0. The van der Waals surface area contributed by atoms with Crippen LogP contribution >= 0.6 is 0 Å². The van der Waals surface area contributed by atoms with Gasteiger partial charge in [0, 0.05) is 12.0 Å². The van der Waals surface area contributed by atoms with Crippen LogP contribution in [0.25, 0.3) is 0 Å². The highest BCUT2D eigenvalue weighted by Gasteiger charge is 2.30. The van der Waals surface area contributed by atoms with Gasteiger partial charge in [-0.1, -0.05) is 12.1 Å². The lowest BCUT2D eigenvalue weighted by Gasteiger charge is -2.17. The van der Waals surface area contributed by atoms with Gasteiger partial charge in [-0.2, -0.15) is 0 Å². The van der Waals surface area contributed by atoms with Gasteiger partial charge in [0.15, 0.2) is 17.6 Å². The Balaban J connectivity index is 2.25. The molecular formula is C13H16O5. The van der Waals surface area contributed by atoms with Gasteiger partial charge in [-0.3, -0.25) is 0 Å². The van der Waals surface area contributed by atoms with E-state index in [1.165, 1.54) is 0 Å². The number of cyclic esters (lactones) is 1. The predicted octanol–water partition coefficient (Wildman–Crippen LogP) is 1.27. The molecule has 0 saturated carbocycles. The molecule has 0 aromatic heterocycles. The van der Waals surface area contributed by atoms with Crippen molar-refractivity contribution in [2.45, 2.75) is 26.1 Å². The molecule has 1 N–H and O–H groups in total. The summed E-state index contributed by atoms with van der Waals surface area (Å²) < 4.78 is 15.9. The Labute approximate surface area is 105 Å². The lowest BCUT2D eigenvalue weighted by atomic mass is 10.2. The van der Waals surface area contributed by atoms with E-state index in [1.54, 1.807) is 18.2 Å². The van der Waals surface area contributed by atoms with Crippen LogP contribution < -0.4 is 9.47 Å². The molecular weight excluding hydrogens is 236 g/mol. The van der Waals surface area contributed by atoms with Gasteiger partial charge in [-0.05, 0) is 13.0 Å². The van der Waals surface area contributed by atoms with Crippen LogP contribution in [0.5, 0.6) is 11.5 Å². The maximum atomic E-state index is 11.4. The zero-order valence-electron chi connectivity index (χ0n) is 10.2. The van der Waals surface area contributed by atoms with Gasteiger partial charge in [-0.15, -0.1) is 0 Å². The van der Waals surface area contributed by atoms with Crippen molar-refractivity contribution in [3.8, 4) is 11.5 Å². The molecule has 1 atom stereocenters. The largest absolute Gasteiger partial charge is 0.490 e. The van der Waals surface area contributed by atoms with E-state index in [0.717, 1.165) is 0 Å². The highest BCUT2D eigenvalue weighted by molar-refractivity contribution is 5.77. The number of esters is 1. The van der Waals surface area contributed by atoms with Crippen LogP contribution in [-0.2, 0) is 16.1 Å². The number of carbonyl (C=O) groups is 1. The smallest absolute Gasteiger partial charge is 0.347 e. The first kappa shape index (κ1) is 12.7. The monoisotopic (exact) mass is 252 g/mol. The molecule has 1 aliphatic heterocycles. The van der Waals surface area contributed by atoms with Crippen molar-refractivity contribution in [3.05, 3.63) is 23.8 Å². The molecule has 2 rings (SSSR count). The summed E-state index contributed by atoms with van der Waals surface area (Å²) in [5.74, 6) is 0.583. The van der Waals surface area contributed by atoms with Crippen molar-refractivity contribution in [1.29, 1.82) is 0 Å². The van der Waals surface area contributed by atoms with Crippen LogP contribution in [0.4, 0.5) is 0 Å². The van der Waals surface area contributed by atoms with Crippen molar-refractivity contribution in [1.82, 2.24) is 0 Å². The minimum atomic E-state index is -0.614. The summed E-state index contributed by atoms with van der Waals surface area (Å²) in [4.78, 5) is 11.4. The topological polar surface area (TPSA) is 65.0 Å². The summed E-state index contributed by atoms with van der Waals surface area (Å²) in [7, 11) is 0. The van der Waals surface area contributed by atoms with Crippen molar-refractivity contribution in [2.75, 3.05) is 13.2 Å². The Morgan fingerprint density at radius 2 is 2.33 bits per heavy atom. The highest BCUT2D eigenvalue weighted by Crippen LogP contribution is 2.33. The summed E-state index contributed by atoms with van der Waals surface area (Å²) in [6.45, 7) is 2.55. The van der Waals surface area contributed by atoms with Gasteiger partial charge in [0.1, 0.15) is 0 Å². The Morgan fingerprint density at radius 1 is 1.50 bits per heavy atom. The average Bonchev–Trinajstić information content (AvgIpc) is 2.77. The second kappa shape index (κ2) is 5.73. The number of carbonyl (C=O) groups excluding carboxylic acids is 1. The number of para-hydroxylation sites is 1. The molecule has 1 aromatic carbocycles. The lowest BCUT2D eigenvalue weighted by Crippen LogP contribution is -2.22. The molecule has 1 aromatic rings. The first-order valence-corrected chi connectivity index (χ1v) is 5.95. The van der Waals surface area contributed by atoms with Gasteiger partial charge in [-0.25, -0.2) is 4.79 Å². The van der Waals surface area contributed by atoms with Crippen molar-refractivity contribution in [2.24, 2.45) is 0 Å². The molecule has 5 heteroatoms. The first-order chi connectivity index (χ1) is 8.76. The van der Waals surface area contributed by atoms with Gasteiger partial charge in [0.25, 0.3) is 0 Å². The fourth-order valence-electron chi connectivity index (χ4n) is 1.82. The van der Waals surface area contributed by atoms with Crippen molar-refractivity contribution >= 4 is 5.97 Å². The number of hydrogen-bond donors (Lipinski definition) is 1. The summed E-state index contributed by atoms with van der Waals surface area (Å²) in [5.41, 5.74) is 0.598. The quantitative estimate of drug-likeness (QED) is 0.799. The van der Waals surface area contributed by atoms with Gasteiger partial charge in [0.05, 0.1) is 19.8 Å². The van der Waals surface area contributed by atoms with E-state index < -0.39 is 6.10 Å². The van der Waals surface area contributed by atoms with Crippen LogP contribution in [0.3, 0.4) is 0 Å². The molecule has 1 aliphatic rings. The molecule has 0 bridgehead atoms. The van der Waals surface area contributed by atoms with Crippen molar-refractivity contribution < 1.29 is 24.1 Å². The van der Waals surface area contributed by atoms with Crippen LogP contribution in [0.1, 0.15) is 18.9 Å². The molecule has 18 heavy (non-hydrogen) atoms. The van der Waals surface area contributed by atoms with Gasteiger partial charge < -0.3 is 19.3 Å². The van der Waals surface area contributed by atoms with Crippen LogP contribution in [-0.4, -0.2) is 30.4 Å². The average molecular weight is 252 g/mol. The molecule has 98 valence electrons. The molecule has 0 spiro atoms. The standard InChI is InChI=1S/C13H16O5/c1-2-16-10-5-3-4-9(8-14)12(10)18-11-6-7-17-13(11)15/h3-5,11,14H,2,6-8H2,1H3. The summed E-state index contributed by atoms with van der Waals surface area (Å²) >= 11 is 0. The minimum absolute atomic E-state index is 0.169. The molecule has 1 fully saturated rings. The number of aliphatic hydroxyl groups is 1. The van der Waals surface area contributed by atoms with Crippen LogP contribution in [0.15, 0.2) is 18.2 Å². The predicted molar refractivity (Wildman–Crippen MR) is 63.5 cm³/mol. The second-order valence-corrected chi connectivity index (χ2v) is 3.90. The third-order valence-corrected chi connectivity index (χ3v) is 2.68. The van der Waals surface area contributed by atoms with E-state index in [-0.39, 0.29) is 12.6 Å². The van der Waals surface area contributed by atoms with Crippen LogP contribution in [0.2, 0.25) is 0 Å². The summed E-state index contributed by atoms with van der Waals surface area (Å²) in [6.07, 6.45) is -0.0960. The van der Waals surface area contributed by atoms with E-state index in [1.807, 2.05) is 6.92 Å². The number of rotatable bonds is 5. The minimum Gasteiger partial charge on any atom is -0.490 e. The molecule has 0 aliphatic carbocycles. The van der Waals surface area contributed by atoms with E-state index in [2.05, 4.69) is 0 Å². The third-order valence-electron chi connectivity index (χ3n) is 2.68. The second-order valence-electron chi connectivity index (χ2n) is 3.90. The number of hydrogen-bond acceptors (Lipinski definition) is 5. The molecule has 0 radical (unpaired) electrons. The van der Waals surface area contributed by atoms with Crippen molar-refractivity contribution in [3.63, 3.8) is 0 Å². The maximum absolute atomic E-state index is 11.4. The molecule has 1 heterocycles. The van der Waals surface area contributed by atoms with E-state index >= 15 is 0 Å². The number of ether oxygens (including phenoxy) is 3. The highest BCUT2D eigenvalue weighted by atomic mass is 16.6. The van der Waals surface area contributed by atoms with Crippen LogP contribution in [0, 0.1) is 0 Å². The number of aliphatic hydroxyl groups excluding tert-OH is 1. The molecule has 5 nitrogen and oxygen atoms in total. The molecule has 1 unspecified atom stereocenters. The maximum Gasteiger partial charge on any atom is 0.347 e. The summed E-state index contributed by atoms with van der Waals surface area (Å²) in [5, 5.41) is 9.30. The Morgan fingerprint density at radius 3 is 2.94 bits per heavy atom. The van der Waals surface area contributed by atoms with Gasteiger partial charge >= 0.3 is 5.97 Å². The Bertz CT molecular complexity index is 429. The Kier molecular flexibility index (Phi) is 4.04. The fraction of sp³-hybridized carbons (Fsp3) is 0.462. The molecule has 0 amide bonds. The zero-order valence-corrected chi connectivity index (χ0v) is 10.2. The normalized spacial score (nSPS) is 18.6. The SMILES string of the molecule is CCOc1cccc(CO)c1OC1CCOC1=O. The first-order valence-electron chi connectivity index (χ1n) is 5.95. The lowest BCUT2D eigenvalue weighted by molar-refractivity contribution is -0.143. The van der Waals surface area contributed by atoms with Gasteiger partial charge in [0.2, 0.25) is 0 Å². The third kappa shape index (κ3) is 2.56. The van der Waals surface area contributed by atoms with E-state index in [0.29, 0.717) is 36.7 Å². The summed E-state index contributed by atoms with van der Waals surface area (Å²) in [6, 6.07) is 5.26. The Hall–Kier alpha value is -1.75. The number of benzene rings is 1. The van der Waals surface area contributed by atoms with E-state index in [9.17, 15) is 9.90 Å².